The molecule has 0 atom stereocenters. The summed E-state index contributed by atoms with van der Waals surface area (Å²) in [6.07, 6.45) is 0. The Balaban J connectivity index is 2.16. The lowest BCUT2D eigenvalue weighted by atomic mass is 10.1. The van der Waals surface area contributed by atoms with Crippen LogP contribution in [0.1, 0.15) is 20.7 Å². The van der Waals surface area contributed by atoms with E-state index in [-0.39, 0.29) is 11.8 Å². The van der Waals surface area contributed by atoms with Crippen molar-refractivity contribution < 1.29 is 19.1 Å². The van der Waals surface area contributed by atoms with Gasteiger partial charge in [-0.15, -0.1) is 0 Å². The normalized spacial score (nSPS) is 13.3. The number of hydrogen-bond acceptors (Lipinski definition) is 4. The average Bonchev–Trinajstić information content (AvgIpc) is 2.78. The molecule has 0 aromatic heterocycles. The van der Waals surface area contributed by atoms with Gasteiger partial charge >= 0.3 is 0 Å². The quantitative estimate of drug-likeness (QED) is 0.812. The lowest BCUT2D eigenvalue weighted by molar-refractivity contribution is 0.0925. The number of amides is 2. The Morgan fingerprint density at radius 2 is 1.43 bits per heavy atom. The number of methoxy groups -OCH3 is 2. The van der Waals surface area contributed by atoms with Gasteiger partial charge < -0.3 is 9.47 Å². The van der Waals surface area contributed by atoms with Gasteiger partial charge in [0.2, 0.25) is 0 Å². The number of fused-ring (bicyclic) bond motifs is 1. The van der Waals surface area contributed by atoms with Crippen molar-refractivity contribution in [2.24, 2.45) is 0 Å². The monoisotopic (exact) mass is 283 g/mol. The predicted octanol–water partition coefficient (Wildman–Crippen LogP) is 2.50. The fraction of sp³-hybridized carbons (Fsp3) is 0.125. The highest BCUT2D eigenvalue weighted by Crippen LogP contribution is 2.40. The molecule has 5 heteroatoms. The molecule has 1 aliphatic heterocycles. The number of ether oxygens (including phenoxy) is 2. The minimum absolute atomic E-state index is 0.356. The molecule has 1 aliphatic rings. The molecule has 2 amide bonds. The van der Waals surface area contributed by atoms with E-state index >= 15 is 0 Å². The Morgan fingerprint density at radius 1 is 0.810 bits per heavy atom. The second kappa shape index (κ2) is 4.94. The van der Waals surface area contributed by atoms with Crippen LogP contribution in [0.25, 0.3) is 0 Å². The van der Waals surface area contributed by atoms with Crippen LogP contribution in [-0.4, -0.2) is 26.0 Å². The van der Waals surface area contributed by atoms with Crippen molar-refractivity contribution in [1.29, 1.82) is 0 Å². The lowest BCUT2D eigenvalue weighted by Crippen LogP contribution is -2.29. The number of rotatable bonds is 3. The number of carbonyl (C=O) groups excluding carboxylic acids is 2. The standard InChI is InChI=1S/C16H13NO4/c1-20-13-9-5-8-12(14(13)21-2)17-15(18)10-6-3-4-7-11(10)16(17)19/h3-9H,1-2H3. The molecule has 0 unspecified atom stereocenters. The Bertz CT molecular complexity index is 704. The maximum Gasteiger partial charge on any atom is 0.266 e. The van der Waals surface area contributed by atoms with Crippen molar-refractivity contribution in [1.82, 2.24) is 0 Å². The molecule has 3 rings (SSSR count). The maximum atomic E-state index is 12.5. The smallest absolute Gasteiger partial charge is 0.266 e. The van der Waals surface area contributed by atoms with Gasteiger partial charge in [-0.3, -0.25) is 9.59 Å². The minimum atomic E-state index is -0.359. The van der Waals surface area contributed by atoms with Gasteiger partial charge in [0.1, 0.15) is 0 Å². The van der Waals surface area contributed by atoms with Crippen molar-refractivity contribution in [3.05, 3.63) is 53.6 Å². The van der Waals surface area contributed by atoms with E-state index in [1.165, 1.54) is 14.2 Å². The molecule has 21 heavy (non-hydrogen) atoms. The summed E-state index contributed by atoms with van der Waals surface area (Å²) in [5.74, 6) is 0.102. The Kier molecular flexibility index (Phi) is 3.10. The van der Waals surface area contributed by atoms with E-state index in [1.54, 1.807) is 42.5 Å². The number of benzene rings is 2. The number of nitrogens with zero attached hydrogens (tertiary/aromatic N) is 1. The second-order valence-electron chi connectivity index (χ2n) is 4.50. The van der Waals surface area contributed by atoms with Crippen molar-refractivity contribution in [3.8, 4) is 11.5 Å². The predicted molar refractivity (Wildman–Crippen MR) is 77.1 cm³/mol. The minimum Gasteiger partial charge on any atom is -0.493 e. The summed E-state index contributed by atoms with van der Waals surface area (Å²) in [6.45, 7) is 0. The third-order valence-electron chi connectivity index (χ3n) is 3.42. The first kappa shape index (κ1) is 13.2. The first-order valence-electron chi connectivity index (χ1n) is 6.38. The molecule has 106 valence electrons. The van der Waals surface area contributed by atoms with Gasteiger partial charge in [0.25, 0.3) is 11.8 Å². The van der Waals surface area contributed by atoms with Crippen LogP contribution in [0.2, 0.25) is 0 Å². The molecule has 0 bridgehead atoms. The van der Waals surface area contributed by atoms with E-state index in [1.807, 2.05) is 0 Å². The van der Waals surface area contributed by atoms with E-state index in [0.29, 0.717) is 28.3 Å². The first-order chi connectivity index (χ1) is 10.2. The zero-order valence-corrected chi connectivity index (χ0v) is 11.6. The molecule has 0 saturated carbocycles. The molecule has 0 fully saturated rings. The van der Waals surface area contributed by atoms with Crippen LogP contribution in [0.4, 0.5) is 5.69 Å². The largest absolute Gasteiger partial charge is 0.493 e. The van der Waals surface area contributed by atoms with Crippen molar-refractivity contribution >= 4 is 17.5 Å². The van der Waals surface area contributed by atoms with Crippen LogP contribution in [0.5, 0.6) is 11.5 Å². The summed E-state index contributed by atoms with van der Waals surface area (Å²) in [7, 11) is 2.98. The van der Waals surface area contributed by atoms with Gasteiger partial charge in [0.15, 0.2) is 11.5 Å². The molecule has 1 heterocycles. The molecular formula is C16H13NO4. The van der Waals surface area contributed by atoms with Crippen molar-refractivity contribution in [3.63, 3.8) is 0 Å². The van der Waals surface area contributed by atoms with Crippen LogP contribution < -0.4 is 14.4 Å². The van der Waals surface area contributed by atoms with E-state index in [9.17, 15) is 9.59 Å². The highest BCUT2D eigenvalue weighted by atomic mass is 16.5. The highest BCUT2D eigenvalue weighted by molar-refractivity contribution is 6.34. The highest BCUT2D eigenvalue weighted by Gasteiger charge is 2.38. The van der Waals surface area contributed by atoms with Gasteiger partial charge in [-0.25, -0.2) is 4.90 Å². The second-order valence-corrected chi connectivity index (χ2v) is 4.50. The first-order valence-corrected chi connectivity index (χ1v) is 6.38. The Morgan fingerprint density at radius 3 is 1.95 bits per heavy atom. The Hall–Kier alpha value is -2.82. The van der Waals surface area contributed by atoms with Crippen LogP contribution in [0, 0.1) is 0 Å². The molecule has 0 N–H and O–H groups in total. The summed E-state index contributed by atoms with van der Waals surface area (Å²) in [4.78, 5) is 26.1. The fourth-order valence-corrected chi connectivity index (χ4v) is 2.45. The number of carbonyl (C=O) groups is 2. The van der Waals surface area contributed by atoms with Crippen LogP contribution in [-0.2, 0) is 0 Å². The topological polar surface area (TPSA) is 55.8 Å². The summed E-state index contributed by atoms with van der Waals surface area (Å²) in [5, 5.41) is 0. The summed E-state index contributed by atoms with van der Waals surface area (Å²) in [5.41, 5.74) is 1.17. The van der Waals surface area contributed by atoms with Crippen molar-refractivity contribution in [2.45, 2.75) is 0 Å². The SMILES string of the molecule is COc1cccc(N2C(=O)c3ccccc3C2=O)c1OC. The molecule has 2 aromatic rings. The van der Waals surface area contributed by atoms with E-state index in [4.69, 9.17) is 9.47 Å². The summed E-state index contributed by atoms with van der Waals surface area (Å²) >= 11 is 0. The molecule has 0 radical (unpaired) electrons. The van der Waals surface area contributed by atoms with Crippen LogP contribution >= 0.6 is 0 Å². The molecule has 5 nitrogen and oxygen atoms in total. The van der Waals surface area contributed by atoms with E-state index in [0.717, 1.165) is 4.90 Å². The molecule has 0 spiro atoms. The maximum absolute atomic E-state index is 12.5. The number of anilines is 1. The third kappa shape index (κ3) is 1.86. The van der Waals surface area contributed by atoms with Gasteiger partial charge in [0.05, 0.1) is 31.0 Å². The van der Waals surface area contributed by atoms with Gasteiger partial charge in [0, 0.05) is 0 Å². The third-order valence-corrected chi connectivity index (χ3v) is 3.42. The summed E-state index contributed by atoms with van der Waals surface area (Å²) in [6, 6.07) is 11.8. The van der Waals surface area contributed by atoms with Crippen LogP contribution in [0.15, 0.2) is 42.5 Å². The van der Waals surface area contributed by atoms with Gasteiger partial charge in [-0.2, -0.15) is 0 Å². The Labute approximate surface area is 121 Å². The van der Waals surface area contributed by atoms with Crippen LogP contribution in [0.3, 0.4) is 0 Å². The fourth-order valence-electron chi connectivity index (χ4n) is 2.45. The van der Waals surface area contributed by atoms with Gasteiger partial charge in [-0.05, 0) is 24.3 Å². The average molecular weight is 283 g/mol. The van der Waals surface area contributed by atoms with Gasteiger partial charge in [-0.1, -0.05) is 18.2 Å². The molecule has 0 aliphatic carbocycles. The zero-order valence-electron chi connectivity index (χ0n) is 11.6. The molecule has 0 saturated heterocycles. The molecular weight excluding hydrogens is 270 g/mol. The number of para-hydroxylation sites is 1. The number of hydrogen-bond donors (Lipinski definition) is 0. The zero-order chi connectivity index (χ0) is 15.0. The number of imide groups is 1. The summed E-state index contributed by atoms with van der Waals surface area (Å²) < 4.78 is 10.5. The lowest BCUT2D eigenvalue weighted by Gasteiger charge is -2.19. The van der Waals surface area contributed by atoms with E-state index < -0.39 is 0 Å². The van der Waals surface area contributed by atoms with Crippen molar-refractivity contribution in [2.75, 3.05) is 19.1 Å². The molecule has 2 aromatic carbocycles. The van der Waals surface area contributed by atoms with E-state index in [2.05, 4.69) is 0 Å².